The summed E-state index contributed by atoms with van der Waals surface area (Å²) in [6.07, 6.45) is 3.33. The highest BCUT2D eigenvalue weighted by molar-refractivity contribution is 6.31. The van der Waals surface area contributed by atoms with Crippen molar-refractivity contribution in [2.24, 2.45) is 11.8 Å². The summed E-state index contributed by atoms with van der Waals surface area (Å²) in [5, 5.41) is 14.9. The summed E-state index contributed by atoms with van der Waals surface area (Å²) in [6, 6.07) is 4.94. The van der Waals surface area contributed by atoms with Gasteiger partial charge in [-0.15, -0.1) is 0 Å². The molecule has 2 unspecified atom stereocenters. The molecule has 1 fully saturated rings. The zero-order valence-electron chi connectivity index (χ0n) is 11.2. The summed E-state index contributed by atoms with van der Waals surface area (Å²) in [7, 11) is 0. The first-order chi connectivity index (χ1) is 8.95. The minimum absolute atomic E-state index is 0.0929. The van der Waals surface area contributed by atoms with E-state index in [4.69, 9.17) is 11.6 Å². The van der Waals surface area contributed by atoms with Gasteiger partial charge in [0.1, 0.15) is 5.69 Å². The first-order valence-corrected chi connectivity index (χ1v) is 7.04. The second-order valence-corrected chi connectivity index (χ2v) is 6.11. The highest BCUT2D eigenvalue weighted by Gasteiger charge is 2.25. The van der Waals surface area contributed by atoms with Gasteiger partial charge in [-0.25, -0.2) is 0 Å². The first kappa shape index (κ1) is 14.1. The maximum Gasteiger partial charge on any atom is 0.292 e. The summed E-state index contributed by atoms with van der Waals surface area (Å²) in [5.74, 6) is 1.30. The van der Waals surface area contributed by atoms with Crippen LogP contribution < -0.4 is 5.32 Å². The molecule has 1 aliphatic rings. The van der Waals surface area contributed by atoms with E-state index in [0.29, 0.717) is 22.5 Å². The van der Waals surface area contributed by atoms with Crippen LogP contribution >= 0.6 is 11.6 Å². The topological polar surface area (TPSA) is 55.2 Å². The molecule has 1 N–H and O–H groups in total. The minimum Gasteiger partial charge on any atom is -0.377 e. The van der Waals surface area contributed by atoms with Crippen molar-refractivity contribution in [3.05, 3.63) is 33.3 Å². The third kappa shape index (κ3) is 3.60. The van der Waals surface area contributed by atoms with Gasteiger partial charge < -0.3 is 5.32 Å². The highest BCUT2D eigenvalue weighted by atomic mass is 35.5. The van der Waals surface area contributed by atoms with Gasteiger partial charge in [-0.1, -0.05) is 25.4 Å². The van der Waals surface area contributed by atoms with Crippen LogP contribution in [0, 0.1) is 22.0 Å². The Morgan fingerprint density at radius 3 is 2.47 bits per heavy atom. The lowest BCUT2D eigenvalue weighted by atomic mass is 9.80. The quantitative estimate of drug-likeness (QED) is 0.657. The van der Waals surface area contributed by atoms with Crippen molar-refractivity contribution in [3.8, 4) is 0 Å². The molecule has 0 bridgehead atoms. The maximum atomic E-state index is 11.0. The number of benzene rings is 1. The normalized spacial score (nSPS) is 27.0. The standard InChI is InChI=1S/C14H19ClN2O2/c1-9-5-10(2)7-12(6-9)16-13-8-11(15)3-4-14(13)17(18)19/h3-4,8-10,12,16H,5-7H2,1-2H3. The van der Waals surface area contributed by atoms with Crippen LogP contribution in [-0.2, 0) is 0 Å². The summed E-state index contributed by atoms with van der Waals surface area (Å²) in [5.41, 5.74) is 0.624. The van der Waals surface area contributed by atoms with E-state index in [9.17, 15) is 10.1 Å². The van der Waals surface area contributed by atoms with Crippen molar-refractivity contribution in [3.63, 3.8) is 0 Å². The van der Waals surface area contributed by atoms with E-state index >= 15 is 0 Å². The molecule has 1 aliphatic carbocycles. The van der Waals surface area contributed by atoms with Gasteiger partial charge in [0.05, 0.1) is 4.92 Å². The molecular formula is C14H19ClN2O2. The number of nitro benzene ring substituents is 1. The second-order valence-electron chi connectivity index (χ2n) is 5.68. The highest BCUT2D eigenvalue weighted by Crippen LogP contribution is 2.34. The Bertz CT molecular complexity index is 469. The monoisotopic (exact) mass is 282 g/mol. The molecule has 0 amide bonds. The van der Waals surface area contributed by atoms with Gasteiger partial charge in [0.25, 0.3) is 5.69 Å². The number of halogens is 1. The molecule has 0 radical (unpaired) electrons. The lowest BCUT2D eigenvalue weighted by molar-refractivity contribution is -0.384. The molecule has 19 heavy (non-hydrogen) atoms. The number of anilines is 1. The van der Waals surface area contributed by atoms with E-state index < -0.39 is 0 Å². The van der Waals surface area contributed by atoms with E-state index in [1.54, 1.807) is 12.1 Å². The van der Waals surface area contributed by atoms with Crippen molar-refractivity contribution < 1.29 is 4.92 Å². The van der Waals surface area contributed by atoms with Crippen LogP contribution in [0.5, 0.6) is 0 Å². The largest absolute Gasteiger partial charge is 0.377 e. The molecule has 1 aromatic rings. The first-order valence-electron chi connectivity index (χ1n) is 6.66. The Balaban J connectivity index is 2.18. The minimum atomic E-state index is -0.367. The van der Waals surface area contributed by atoms with Crippen molar-refractivity contribution >= 4 is 23.0 Å². The van der Waals surface area contributed by atoms with Crippen LogP contribution in [0.25, 0.3) is 0 Å². The molecule has 0 spiro atoms. The Hall–Kier alpha value is -1.29. The smallest absolute Gasteiger partial charge is 0.292 e. The lowest BCUT2D eigenvalue weighted by Crippen LogP contribution is -2.30. The number of nitro groups is 1. The Morgan fingerprint density at radius 2 is 1.89 bits per heavy atom. The van der Waals surface area contributed by atoms with Gasteiger partial charge in [-0.3, -0.25) is 10.1 Å². The van der Waals surface area contributed by atoms with Gasteiger partial charge in [-0.05, 0) is 43.2 Å². The van der Waals surface area contributed by atoms with E-state index in [2.05, 4.69) is 19.2 Å². The van der Waals surface area contributed by atoms with Gasteiger partial charge in [0.2, 0.25) is 0 Å². The molecule has 0 heterocycles. The predicted octanol–water partition coefficient (Wildman–Crippen LogP) is 4.48. The Morgan fingerprint density at radius 1 is 1.26 bits per heavy atom. The van der Waals surface area contributed by atoms with Crippen molar-refractivity contribution in [1.82, 2.24) is 0 Å². The average Bonchev–Trinajstić information content (AvgIpc) is 2.26. The Labute approximate surface area is 118 Å². The van der Waals surface area contributed by atoms with E-state index in [0.717, 1.165) is 12.8 Å². The van der Waals surface area contributed by atoms with Crippen LogP contribution in [0.2, 0.25) is 5.02 Å². The van der Waals surface area contributed by atoms with Gasteiger partial charge in [0.15, 0.2) is 0 Å². The molecule has 2 atom stereocenters. The van der Waals surface area contributed by atoms with Crippen molar-refractivity contribution in [1.29, 1.82) is 0 Å². The summed E-state index contributed by atoms with van der Waals surface area (Å²) >= 11 is 5.93. The third-order valence-corrected chi connectivity index (χ3v) is 3.93. The predicted molar refractivity (Wildman–Crippen MR) is 77.7 cm³/mol. The van der Waals surface area contributed by atoms with Crippen LogP contribution in [-0.4, -0.2) is 11.0 Å². The SMILES string of the molecule is CC1CC(C)CC(Nc2cc(Cl)ccc2[N+](=O)[O-])C1. The van der Waals surface area contributed by atoms with E-state index in [-0.39, 0.29) is 16.7 Å². The Kier molecular flexibility index (Phi) is 4.30. The lowest BCUT2D eigenvalue weighted by Gasteiger charge is -2.32. The molecule has 0 aliphatic heterocycles. The van der Waals surface area contributed by atoms with Gasteiger partial charge >= 0.3 is 0 Å². The van der Waals surface area contributed by atoms with E-state index in [1.165, 1.54) is 12.5 Å². The molecule has 1 aromatic carbocycles. The average molecular weight is 283 g/mol. The molecule has 0 aromatic heterocycles. The number of nitrogens with zero attached hydrogens (tertiary/aromatic N) is 1. The number of hydrogen-bond acceptors (Lipinski definition) is 3. The summed E-state index contributed by atoms with van der Waals surface area (Å²) < 4.78 is 0. The van der Waals surface area contributed by atoms with Crippen LogP contribution in [0.1, 0.15) is 33.1 Å². The van der Waals surface area contributed by atoms with Gasteiger partial charge in [-0.2, -0.15) is 0 Å². The second kappa shape index (κ2) is 5.78. The maximum absolute atomic E-state index is 11.0. The van der Waals surface area contributed by atoms with Gasteiger partial charge in [0, 0.05) is 17.1 Å². The molecule has 0 saturated heterocycles. The summed E-state index contributed by atoms with van der Waals surface area (Å²) in [4.78, 5) is 10.7. The molecule has 5 heteroatoms. The number of nitrogens with one attached hydrogen (secondary N) is 1. The van der Waals surface area contributed by atoms with Crippen LogP contribution in [0.3, 0.4) is 0 Å². The zero-order valence-corrected chi connectivity index (χ0v) is 12.0. The van der Waals surface area contributed by atoms with E-state index in [1.807, 2.05) is 0 Å². The number of hydrogen-bond donors (Lipinski definition) is 1. The fourth-order valence-corrected chi connectivity index (χ4v) is 3.24. The van der Waals surface area contributed by atoms with Crippen LogP contribution in [0.15, 0.2) is 18.2 Å². The molecule has 4 nitrogen and oxygen atoms in total. The third-order valence-electron chi connectivity index (χ3n) is 3.69. The van der Waals surface area contributed by atoms with Crippen LogP contribution in [0.4, 0.5) is 11.4 Å². The molecule has 104 valence electrons. The summed E-state index contributed by atoms with van der Waals surface area (Å²) in [6.45, 7) is 4.47. The molecule has 2 rings (SSSR count). The van der Waals surface area contributed by atoms with Crippen molar-refractivity contribution in [2.45, 2.75) is 39.2 Å². The zero-order chi connectivity index (χ0) is 14.0. The molecular weight excluding hydrogens is 264 g/mol. The fraction of sp³-hybridized carbons (Fsp3) is 0.571. The fourth-order valence-electron chi connectivity index (χ4n) is 3.07. The molecule has 1 saturated carbocycles. The van der Waals surface area contributed by atoms with Crippen molar-refractivity contribution in [2.75, 3.05) is 5.32 Å². The number of rotatable bonds is 3.